The molecule has 1 N–H and O–H groups in total. The fourth-order valence-corrected chi connectivity index (χ4v) is 3.70. The number of aromatic nitrogens is 1. The van der Waals surface area contributed by atoms with Gasteiger partial charge in [-0.2, -0.15) is 0 Å². The number of nitrogens with zero attached hydrogens (tertiary/aromatic N) is 1. The van der Waals surface area contributed by atoms with Gasteiger partial charge >= 0.3 is 0 Å². The van der Waals surface area contributed by atoms with E-state index in [-0.39, 0.29) is 6.04 Å². The van der Waals surface area contributed by atoms with Crippen molar-refractivity contribution in [1.29, 1.82) is 0 Å². The van der Waals surface area contributed by atoms with Crippen LogP contribution in [0.15, 0.2) is 52.9 Å². The summed E-state index contributed by atoms with van der Waals surface area (Å²) in [5.74, 6) is 1.40. The molecular weight excluding hydrogens is 296 g/mol. The highest BCUT2D eigenvalue weighted by Crippen LogP contribution is 2.37. The van der Waals surface area contributed by atoms with Crippen LogP contribution in [0.2, 0.25) is 0 Å². The summed E-state index contributed by atoms with van der Waals surface area (Å²) in [6, 6.07) is 16.8. The first-order chi connectivity index (χ1) is 11.8. The highest BCUT2D eigenvalue weighted by molar-refractivity contribution is 5.72. The van der Waals surface area contributed by atoms with Crippen molar-refractivity contribution in [1.82, 2.24) is 4.98 Å². The molecule has 0 aliphatic heterocycles. The summed E-state index contributed by atoms with van der Waals surface area (Å²) >= 11 is 0. The van der Waals surface area contributed by atoms with Gasteiger partial charge in [-0.25, -0.2) is 4.98 Å². The van der Waals surface area contributed by atoms with E-state index in [1.807, 2.05) is 24.3 Å². The van der Waals surface area contributed by atoms with E-state index in [1.54, 1.807) is 0 Å². The van der Waals surface area contributed by atoms with Crippen LogP contribution in [0, 0.1) is 12.8 Å². The molecule has 2 aromatic carbocycles. The van der Waals surface area contributed by atoms with Crippen LogP contribution >= 0.6 is 0 Å². The predicted molar refractivity (Wildman–Crippen MR) is 98.1 cm³/mol. The van der Waals surface area contributed by atoms with Crippen molar-refractivity contribution >= 4 is 16.8 Å². The zero-order valence-electron chi connectivity index (χ0n) is 14.2. The van der Waals surface area contributed by atoms with Gasteiger partial charge in [-0.05, 0) is 49.9 Å². The zero-order chi connectivity index (χ0) is 16.4. The maximum atomic E-state index is 6.11. The van der Waals surface area contributed by atoms with E-state index in [0.717, 1.165) is 22.7 Å². The molecule has 1 fully saturated rings. The van der Waals surface area contributed by atoms with Crippen LogP contribution in [0.4, 0.5) is 5.69 Å². The normalized spacial score (nSPS) is 17.0. The Balaban J connectivity index is 1.67. The Kier molecular flexibility index (Phi) is 4.24. The van der Waals surface area contributed by atoms with Gasteiger partial charge in [0.25, 0.3) is 0 Å². The molecule has 124 valence electrons. The van der Waals surface area contributed by atoms with Crippen molar-refractivity contribution in [3.63, 3.8) is 0 Å². The maximum absolute atomic E-state index is 6.11. The minimum Gasteiger partial charge on any atom is -0.438 e. The lowest BCUT2D eigenvalue weighted by Gasteiger charge is -2.29. The number of para-hydroxylation sites is 2. The summed E-state index contributed by atoms with van der Waals surface area (Å²) in [7, 11) is 0. The van der Waals surface area contributed by atoms with Crippen molar-refractivity contribution in [2.45, 2.75) is 45.1 Å². The van der Waals surface area contributed by atoms with Gasteiger partial charge in [0.05, 0.1) is 0 Å². The maximum Gasteiger partial charge on any atom is 0.218 e. The molecule has 1 atom stereocenters. The average Bonchev–Trinajstić information content (AvgIpc) is 3.06. The van der Waals surface area contributed by atoms with E-state index < -0.39 is 0 Å². The molecule has 0 saturated heterocycles. The number of fused-ring (bicyclic) bond motifs is 1. The molecule has 0 bridgehead atoms. The third-order valence-corrected chi connectivity index (χ3v) is 5.07. The lowest BCUT2D eigenvalue weighted by molar-refractivity contribution is 0.292. The van der Waals surface area contributed by atoms with Crippen molar-refractivity contribution in [2.24, 2.45) is 5.92 Å². The van der Waals surface area contributed by atoms with Gasteiger partial charge in [0.1, 0.15) is 11.6 Å². The van der Waals surface area contributed by atoms with Crippen LogP contribution < -0.4 is 5.32 Å². The van der Waals surface area contributed by atoms with Crippen LogP contribution in [0.25, 0.3) is 11.1 Å². The second-order valence-electron chi connectivity index (χ2n) is 6.91. The smallest absolute Gasteiger partial charge is 0.218 e. The number of rotatable bonds is 4. The first-order valence-electron chi connectivity index (χ1n) is 8.98. The number of anilines is 1. The lowest BCUT2D eigenvalue weighted by Crippen LogP contribution is -2.23. The zero-order valence-corrected chi connectivity index (χ0v) is 14.2. The molecule has 3 heteroatoms. The molecule has 0 amide bonds. The summed E-state index contributed by atoms with van der Waals surface area (Å²) in [4.78, 5) is 4.77. The number of oxazole rings is 1. The molecular formula is C21H24N2O. The number of hydrogen-bond donors (Lipinski definition) is 1. The Bertz CT molecular complexity index is 767. The molecule has 1 unspecified atom stereocenters. The van der Waals surface area contributed by atoms with E-state index in [9.17, 15) is 0 Å². The quantitative estimate of drug-likeness (QED) is 0.653. The lowest BCUT2D eigenvalue weighted by atomic mass is 9.83. The number of aryl methyl sites for hydroxylation is 1. The number of nitrogens with one attached hydrogen (secondary N) is 1. The molecule has 24 heavy (non-hydrogen) atoms. The molecule has 1 aliphatic rings. The topological polar surface area (TPSA) is 38.1 Å². The van der Waals surface area contributed by atoms with E-state index >= 15 is 0 Å². The Morgan fingerprint density at radius 3 is 2.50 bits per heavy atom. The molecule has 3 aromatic rings. The van der Waals surface area contributed by atoms with E-state index in [0.29, 0.717) is 5.92 Å². The molecule has 0 spiro atoms. The SMILES string of the molecule is Cc1ccc(NC(c2nc3ccccc3o2)C2CCCCC2)cc1. The van der Waals surface area contributed by atoms with Gasteiger partial charge in [0.2, 0.25) is 5.89 Å². The van der Waals surface area contributed by atoms with Crippen LogP contribution in [0.3, 0.4) is 0 Å². The first-order valence-corrected chi connectivity index (χ1v) is 8.98. The third kappa shape index (κ3) is 3.16. The van der Waals surface area contributed by atoms with Crippen LogP contribution in [-0.4, -0.2) is 4.98 Å². The molecule has 1 saturated carbocycles. The third-order valence-electron chi connectivity index (χ3n) is 5.07. The Hall–Kier alpha value is -2.29. The molecule has 1 aliphatic carbocycles. The summed E-state index contributed by atoms with van der Waals surface area (Å²) in [5, 5.41) is 3.70. The standard InChI is InChI=1S/C21H24N2O/c1-15-11-13-17(14-12-15)22-20(16-7-3-2-4-8-16)21-23-18-9-5-6-10-19(18)24-21/h5-6,9-14,16,20,22H,2-4,7-8H2,1H3. The van der Waals surface area contributed by atoms with Gasteiger partial charge < -0.3 is 9.73 Å². The Morgan fingerprint density at radius 1 is 1.00 bits per heavy atom. The summed E-state index contributed by atoms with van der Waals surface area (Å²) < 4.78 is 6.11. The fourth-order valence-electron chi connectivity index (χ4n) is 3.70. The second kappa shape index (κ2) is 6.68. The molecule has 3 nitrogen and oxygen atoms in total. The van der Waals surface area contributed by atoms with Gasteiger partial charge in [-0.3, -0.25) is 0 Å². The minimum absolute atomic E-state index is 0.139. The van der Waals surface area contributed by atoms with Crippen molar-refractivity contribution in [3.05, 3.63) is 60.0 Å². The summed E-state index contributed by atoms with van der Waals surface area (Å²) in [6.07, 6.45) is 6.43. The van der Waals surface area contributed by atoms with Crippen molar-refractivity contribution in [3.8, 4) is 0 Å². The second-order valence-corrected chi connectivity index (χ2v) is 6.91. The predicted octanol–water partition coefficient (Wildman–Crippen LogP) is 5.87. The van der Waals surface area contributed by atoms with E-state index in [4.69, 9.17) is 9.40 Å². The minimum atomic E-state index is 0.139. The summed E-state index contributed by atoms with van der Waals surface area (Å²) in [5.41, 5.74) is 4.23. The number of benzene rings is 2. The monoisotopic (exact) mass is 320 g/mol. The van der Waals surface area contributed by atoms with Gasteiger partial charge in [0.15, 0.2) is 5.58 Å². The van der Waals surface area contributed by atoms with Crippen LogP contribution in [-0.2, 0) is 0 Å². The number of hydrogen-bond acceptors (Lipinski definition) is 3. The Morgan fingerprint density at radius 2 is 1.75 bits per heavy atom. The molecule has 1 aromatic heterocycles. The Labute approximate surface area is 143 Å². The van der Waals surface area contributed by atoms with E-state index in [2.05, 4.69) is 36.5 Å². The van der Waals surface area contributed by atoms with Crippen molar-refractivity contribution < 1.29 is 4.42 Å². The molecule has 0 radical (unpaired) electrons. The van der Waals surface area contributed by atoms with E-state index in [1.165, 1.54) is 37.7 Å². The summed E-state index contributed by atoms with van der Waals surface area (Å²) in [6.45, 7) is 2.11. The molecule has 4 rings (SSSR count). The largest absolute Gasteiger partial charge is 0.438 e. The van der Waals surface area contributed by atoms with Crippen LogP contribution in [0.1, 0.15) is 49.6 Å². The van der Waals surface area contributed by atoms with Gasteiger partial charge in [0, 0.05) is 5.69 Å². The van der Waals surface area contributed by atoms with Crippen LogP contribution in [0.5, 0.6) is 0 Å². The fraction of sp³-hybridized carbons (Fsp3) is 0.381. The average molecular weight is 320 g/mol. The van der Waals surface area contributed by atoms with Gasteiger partial charge in [-0.15, -0.1) is 0 Å². The first kappa shape index (κ1) is 15.3. The van der Waals surface area contributed by atoms with Crippen molar-refractivity contribution in [2.75, 3.05) is 5.32 Å². The highest BCUT2D eigenvalue weighted by Gasteiger charge is 2.29. The van der Waals surface area contributed by atoms with Gasteiger partial charge in [-0.1, -0.05) is 49.1 Å². The molecule has 1 heterocycles. The highest BCUT2D eigenvalue weighted by atomic mass is 16.3.